The number of amides is 1. The summed E-state index contributed by atoms with van der Waals surface area (Å²) in [5, 5.41) is 55.0. The van der Waals surface area contributed by atoms with E-state index in [1.54, 1.807) is 0 Å². The third-order valence-electron chi connectivity index (χ3n) is 17.6. The van der Waals surface area contributed by atoms with E-state index in [1.165, 1.54) is 315 Å². The highest BCUT2D eigenvalue weighted by Crippen LogP contribution is 2.24. The van der Waals surface area contributed by atoms with Gasteiger partial charge in [-0.1, -0.05) is 347 Å². The van der Waals surface area contributed by atoms with E-state index >= 15 is 0 Å². The van der Waals surface area contributed by atoms with Gasteiger partial charge in [0.1, 0.15) is 24.4 Å². The highest BCUT2D eigenvalue weighted by atomic mass is 16.7. The van der Waals surface area contributed by atoms with E-state index in [0.717, 1.165) is 38.5 Å². The normalized spacial score (nSPS) is 18.4. The van der Waals surface area contributed by atoms with Crippen LogP contribution in [0.4, 0.5) is 0 Å². The molecule has 0 saturated carbocycles. The molecule has 9 nitrogen and oxygen atoms in total. The molecule has 1 fully saturated rings. The second-order valence-electron chi connectivity index (χ2n) is 25.4. The summed E-state index contributed by atoms with van der Waals surface area (Å²) in [5.74, 6) is -0.135. The molecule has 1 amide bonds. The van der Waals surface area contributed by atoms with Crippen molar-refractivity contribution in [2.24, 2.45) is 0 Å². The maximum absolute atomic E-state index is 13.2. The van der Waals surface area contributed by atoms with Gasteiger partial charge in [0.25, 0.3) is 0 Å². The Morgan fingerprint density at radius 3 is 1.01 bits per heavy atom. The van der Waals surface area contributed by atoms with Gasteiger partial charge in [-0.25, -0.2) is 0 Å². The second-order valence-corrected chi connectivity index (χ2v) is 25.4. The van der Waals surface area contributed by atoms with Gasteiger partial charge in [-0.05, 0) is 38.5 Å². The highest BCUT2D eigenvalue weighted by molar-refractivity contribution is 5.76. The topological polar surface area (TPSA) is 149 Å². The van der Waals surface area contributed by atoms with E-state index in [-0.39, 0.29) is 12.5 Å². The molecule has 476 valence electrons. The van der Waals surface area contributed by atoms with Crippen LogP contribution in [-0.2, 0) is 14.3 Å². The first kappa shape index (κ1) is 76.9. The summed E-state index contributed by atoms with van der Waals surface area (Å²) in [6.45, 7) is 3.90. The van der Waals surface area contributed by atoms with Gasteiger partial charge in [0.05, 0.1) is 25.4 Å². The molecule has 0 aromatic rings. The Hall–Kier alpha value is -1.07. The lowest BCUT2D eigenvalue weighted by Gasteiger charge is -2.40. The Labute approximate surface area is 496 Å². The number of carbonyl (C=O) groups is 1. The third-order valence-corrected chi connectivity index (χ3v) is 17.6. The van der Waals surface area contributed by atoms with E-state index in [1.807, 2.05) is 0 Å². The molecule has 0 bridgehead atoms. The number of hydrogen-bond acceptors (Lipinski definition) is 8. The van der Waals surface area contributed by atoms with E-state index in [9.17, 15) is 30.3 Å². The number of allylic oxidation sites excluding steroid dienone is 2. The molecular weight excluding hydrogens is 995 g/mol. The molecule has 1 aliphatic rings. The molecule has 7 atom stereocenters. The first-order chi connectivity index (χ1) is 39.3. The second kappa shape index (κ2) is 61.0. The fourth-order valence-corrected chi connectivity index (χ4v) is 12.0. The van der Waals surface area contributed by atoms with Crippen LogP contribution < -0.4 is 5.32 Å². The molecule has 0 aromatic heterocycles. The van der Waals surface area contributed by atoms with Crippen LogP contribution in [0, 0.1) is 0 Å². The summed E-state index contributed by atoms with van der Waals surface area (Å²) < 4.78 is 11.4. The number of hydrogen-bond donors (Lipinski definition) is 6. The molecule has 1 rings (SSSR count). The minimum absolute atomic E-state index is 0.132. The van der Waals surface area contributed by atoms with Crippen molar-refractivity contribution in [2.45, 2.75) is 423 Å². The fraction of sp³-hybridized carbons (Fsp3) is 0.958. The van der Waals surface area contributed by atoms with Gasteiger partial charge in [0, 0.05) is 6.42 Å². The summed E-state index contributed by atoms with van der Waals surface area (Å²) in [6.07, 6.45) is 71.4. The van der Waals surface area contributed by atoms with Crippen molar-refractivity contribution < 1.29 is 39.8 Å². The summed E-state index contributed by atoms with van der Waals surface area (Å²) in [6, 6.07) is -0.717. The van der Waals surface area contributed by atoms with Crippen LogP contribution in [-0.4, -0.2) is 87.5 Å². The maximum Gasteiger partial charge on any atom is 0.220 e. The largest absolute Gasteiger partial charge is 0.394 e. The standard InChI is InChI=1S/C71H139NO8/c1-3-5-7-9-11-13-15-17-19-21-23-25-27-29-31-33-35-37-39-41-43-45-47-49-51-53-55-57-59-61-67(75)72-64(63-79-71-70(78)69(77)68(76)66(62-73)80-71)65(74)60-58-56-54-52-50-48-46-44-42-40-38-36-34-32-30-28-26-24-22-20-18-16-14-12-10-8-6-4-2/h21,23,64-66,68-71,73-74,76-78H,3-20,22,24-63H2,1-2H3,(H,72,75)/b23-21-. The Morgan fingerprint density at radius 2 is 0.700 bits per heavy atom. The zero-order chi connectivity index (χ0) is 57.9. The maximum atomic E-state index is 13.2. The van der Waals surface area contributed by atoms with Crippen LogP contribution >= 0.6 is 0 Å². The molecule has 1 aliphatic heterocycles. The average molecular weight is 1130 g/mol. The summed E-state index contributed by atoms with van der Waals surface area (Å²) >= 11 is 0. The van der Waals surface area contributed by atoms with Crippen LogP contribution in [0.2, 0.25) is 0 Å². The van der Waals surface area contributed by atoms with Crippen LogP contribution in [0.1, 0.15) is 380 Å². The molecule has 7 unspecified atom stereocenters. The molecule has 0 spiro atoms. The van der Waals surface area contributed by atoms with Crippen molar-refractivity contribution in [1.29, 1.82) is 0 Å². The number of nitrogens with one attached hydrogen (secondary N) is 1. The Morgan fingerprint density at radius 1 is 0.412 bits per heavy atom. The van der Waals surface area contributed by atoms with Crippen LogP contribution in [0.25, 0.3) is 0 Å². The molecular formula is C71H139NO8. The quantitative estimate of drug-likeness (QED) is 0.0261. The van der Waals surface area contributed by atoms with Crippen molar-refractivity contribution in [3.05, 3.63) is 12.2 Å². The summed E-state index contributed by atoms with van der Waals surface area (Å²) in [5.41, 5.74) is 0. The van der Waals surface area contributed by atoms with Gasteiger partial charge < -0.3 is 40.3 Å². The van der Waals surface area contributed by atoms with Gasteiger partial charge in [-0.15, -0.1) is 0 Å². The molecule has 0 aliphatic carbocycles. The summed E-state index contributed by atoms with van der Waals surface area (Å²) in [4.78, 5) is 13.2. The van der Waals surface area contributed by atoms with Crippen molar-refractivity contribution in [2.75, 3.05) is 13.2 Å². The predicted molar refractivity (Wildman–Crippen MR) is 341 cm³/mol. The van der Waals surface area contributed by atoms with Crippen LogP contribution in [0.5, 0.6) is 0 Å². The number of carbonyl (C=O) groups excluding carboxylic acids is 1. The first-order valence-electron chi connectivity index (χ1n) is 35.9. The van der Waals surface area contributed by atoms with Gasteiger partial charge in [-0.3, -0.25) is 4.79 Å². The van der Waals surface area contributed by atoms with Gasteiger partial charge in [0.15, 0.2) is 6.29 Å². The SMILES string of the molecule is CCCCCCCCCC/C=C\CCCCCCCCCCCCCCCCCCCC(=O)NC(COC1OC(CO)C(O)C(O)C1O)C(O)CCCCCCCCCCCCCCCCCCCCCCCCCCCCCC. The Balaban J connectivity index is 2.09. The third kappa shape index (κ3) is 49.2. The van der Waals surface area contributed by atoms with E-state index in [2.05, 4.69) is 31.3 Å². The van der Waals surface area contributed by atoms with Crippen molar-refractivity contribution in [3.8, 4) is 0 Å². The molecule has 9 heteroatoms. The predicted octanol–water partition coefficient (Wildman–Crippen LogP) is 19.5. The molecule has 6 N–H and O–H groups in total. The van der Waals surface area contributed by atoms with Gasteiger partial charge in [0.2, 0.25) is 5.91 Å². The first-order valence-corrected chi connectivity index (χ1v) is 35.9. The zero-order valence-electron chi connectivity index (χ0n) is 53.4. The van der Waals surface area contributed by atoms with Gasteiger partial charge in [-0.2, -0.15) is 0 Å². The molecule has 0 aromatic carbocycles. The number of rotatable bonds is 64. The van der Waals surface area contributed by atoms with Gasteiger partial charge >= 0.3 is 0 Å². The van der Waals surface area contributed by atoms with Crippen molar-refractivity contribution >= 4 is 5.91 Å². The van der Waals surface area contributed by atoms with Crippen LogP contribution in [0.3, 0.4) is 0 Å². The smallest absolute Gasteiger partial charge is 0.220 e. The molecule has 1 saturated heterocycles. The minimum Gasteiger partial charge on any atom is -0.394 e. The van der Waals surface area contributed by atoms with Crippen molar-refractivity contribution in [1.82, 2.24) is 5.32 Å². The minimum atomic E-state index is -1.55. The monoisotopic (exact) mass is 1130 g/mol. The lowest BCUT2D eigenvalue weighted by molar-refractivity contribution is -0.302. The fourth-order valence-electron chi connectivity index (χ4n) is 12.0. The number of unbranched alkanes of at least 4 members (excludes halogenated alkanes) is 52. The van der Waals surface area contributed by atoms with Crippen LogP contribution in [0.15, 0.2) is 12.2 Å². The number of ether oxygens (including phenoxy) is 2. The average Bonchev–Trinajstić information content (AvgIpc) is 3.46. The van der Waals surface area contributed by atoms with E-state index in [0.29, 0.717) is 12.8 Å². The molecule has 0 radical (unpaired) electrons. The zero-order valence-corrected chi connectivity index (χ0v) is 53.4. The van der Waals surface area contributed by atoms with E-state index < -0.39 is 49.5 Å². The lowest BCUT2D eigenvalue weighted by atomic mass is 9.99. The number of aliphatic hydroxyl groups excluding tert-OH is 5. The summed E-state index contributed by atoms with van der Waals surface area (Å²) in [7, 11) is 0. The lowest BCUT2D eigenvalue weighted by Crippen LogP contribution is -2.60. The van der Waals surface area contributed by atoms with Crippen molar-refractivity contribution in [3.63, 3.8) is 0 Å². The Bertz CT molecular complexity index is 1270. The highest BCUT2D eigenvalue weighted by Gasteiger charge is 2.44. The Kier molecular flexibility index (Phi) is 58.7. The number of aliphatic hydroxyl groups is 5. The molecule has 1 heterocycles. The van der Waals surface area contributed by atoms with E-state index in [4.69, 9.17) is 9.47 Å². The molecule has 80 heavy (non-hydrogen) atoms.